The lowest BCUT2D eigenvalue weighted by Gasteiger charge is -2.17. The minimum absolute atomic E-state index is 0.494. The minimum atomic E-state index is 0.494. The lowest BCUT2D eigenvalue weighted by molar-refractivity contribution is 0.310. The third kappa shape index (κ3) is 6.35. The van der Waals surface area contributed by atoms with Crippen molar-refractivity contribution in [3.63, 3.8) is 0 Å². The van der Waals surface area contributed by atoms with Crippen molar-refractivity contribution >= 4 is 23.2 Å². The highest BCUT2D eigenvalue weighted by atomic mass is 35.5. The van der Waals surface area contributed by atoms with Gasteiger partial charge in [-0.05, 0) is 62.2 Å². The fourth-order valence-electron chi connectivity index (χ4n) is 2.50. The summed E-state index contributed by atoms with van der Waals surface area (Å²) in [6, 6.07) is 13.4. The molecule has 0 radical (unpaired) electrons. The highest BCUT2D eigenvalue weighted by Crippen LogP contribution is 2.29. The van der Waals surface area contributed by atoms with Gasteiger partial charge in [-0.1, -0.05) is 49.2 Å². The van der Waals surface area contributed by atoms with Gasteiger partial charge in [-0.2, -0.15) is 0 Å². The number of hydrogen-bond donors (Lipinski definition) is 0. The Kier molecular flexibility index (Phi) is 7.41. The van der Waals surface area contributed by atoms with Crippen molar-refractivity contribution in [1.82, 2.24) is 4.90 Å². The van der Waals surface area contributed by atoms with Gasteiger partial charge < -0.3 is 9.64 Å². The number of nitrogens with zero attached hydrogens (tertiary/aromatic N) is 1. The van der Waals surface area contributed by atoms with E-state index < -0.39 is 0 Å². The maximum absolute atomic E-state index is 6.01. The summed E-state index contributed by atoms with van der Waals surface area (Å²) in [6.07, 6.45) is 2.52. The molecule has 4 heteroatoms. The van der Waals surface area contributed by atoms with E-state index in [2.05, 4.69) is 37.9 Å². The third-order valence-corrected chi connectivity index (χ3v) is 4.56. The summed E-state index contributed by atoms with van der Waals surface area (Å²) in [5, 5.41) is 1.02. The molecule has 2 aromatic rings. The fourth-order valence-corrected chi connectivity index (χ4v) is 2.79. The van der Waals surface area contributed by atoms with Crippen molar-refractivity contribution < 1.29 is 4.74 Å². The zero-order chi connectivity index (χ0) is 17.5. The van der Waals surface area contributed by atoms with Crippen LogP contribution in [0.25, 0.3) is 0 Å². The summed E-state index contributed by atoms with van der Waals surface area (Å²) in [6.45, 7) is 6.62. The molecular formula is C20H25Cl2NO. The molecule has 0 aliphatic rings. The van der Waals surface area contributed by atoms with Gasteiger partial charge in [0, 0.05) is 12.6 Å². The minimum Gasteiger partial charge on any atom is -0.457 e. The molecule has 0 aliphatic carbocycles. The molecule has 0 saturated heterocycles. The number of ether oxygens (including phenoxy) is 1. The summed E-state index contributed by atoms with van der Waals surface area (Å²) in [5.41, 5.74) is 1.28. The van der Waals surface area contributed by atoms with Crippen LogP contribution in [0.1, 0.15) is 32.3 Å². The molecule has 0 bridgehead atoms. The van der Waals surface area contributed by atoms with E-state index >= 15 is 0 Å². The first-order chi connectivity index (χ1) is 11.4. The van der Waals surface area contributed by atoms with Gasteiger partial charge in [-0.25, -0.2) is 0 Å². The molecule has 24 heavy (non-hydrogen) atoms. The van der Waals surface area contributed by atoms with E-state index in [1.807, 2.05) is 18.2 Å². The van der Waals surface area contributed by atoms with Crippen molar-refractivity contribution in [2.45, 2.75) is 33.2 Å². The van der Waals surface area contributed by atoms with Crippen LogP contribution in [0.15, 0.2) is 42.5 Å². The van der Waals surface area contributed by atoms with E-state index in [0.717, 1.165) is 24.8 Å². The van der Waals surface area contributed by atoms with Gasteiger partial charge in [0.05, 0.1) is 10.0 Å². The number of rotatable bonds is 8. The van der Waals surface area contributed by atoms with Gasteiger partial charge in [-0.3, -0.25) is 0 Å². The molecule has 2 aromatic carbocycles. The zero-order valence-electron chi connectivity index (χ0n) is 14.6. The van der Waals surface area contributed by atoms with Crippen molar-refractivity contribution in [2.75, 3.05) is 13.6 Å². The van der Waals surface area contributed by atoms with E-state index in [1.165, 1.54) is 18.4 Å². The molecule has 0 N–H and O–H groups in total. The Morgan fingerprint density at radius 1 is 0.958 bits per heavy atom. The molecule has 0 heterocycles. The van der Waals surface area contributed by atoms with Gasteiger partial charge in [0.1, 0.15) is 11.5 Å². The van der Waals surface area contributed by atoms with Crippen LogP contribution in [-0.2, 0) is 6.54 Å². The average Bonchev–Trinajstić information content (AvgIpc) is 2.52. The van der Waals surface area contributed by atoms with E-state index in [9.17, 15) is 0 Å². The van der Waals surface area contributed by atoms with Crippen LogP contribution in [-0.4, -0.2) is 18.5 Å². The first-order valence-electron chi connectivity index (χ1n) is 8.34. The molecule has 0 saturated carbocycles. The Morgan fingerprint density at radius 3 is 2.25 bits per heavy atom. The molecule has 130 valence electrons. The van der Waals surface area contributed by atoms with Gasteiger partial charge in [0.25, 0.3) is 0 Å². The van der Waals surface area contributed by atoms with Gasteiger partial charge in [-0.15, -0.1) is 0 Å². The predicted octanol–water partition coefficient (Wildman–Crippen LogP) is 6.65. The first kappa shape index (κ1) is 19.1. The van der Waals surface area contributed by atoms with Crippen LogP contribution in [0.2, 0.25) is 10.0 Å². The molecule has 0 amide bonds. The maximum Gasteiger partial charge on any atom is 0.129 e. The van der Waals surface area contributed by atoms with Crippen LogP contribution in [0, 0.1) is 5.92 Å². The lowest BCUT2D eigenvalue weighted by atomic mass is 10.1. The third-order valence-electron chi connectivity index (χ3n) is 3.82. The Bertz CT molecular complexity index is 641. The lowest BCUT2D eigenvalue weighted by Crippen LogP contribution is -2.19. The van der Waals surface area contributed by atoms with Crippen molar-refractivity contribution in [2.24, 2.45) is 5.92 Å². The summed E-state index contributed by atoms with van der Waals surface area (Å²) >= 11 is 11.9. The largest absolute Gasteiger partial charge is 0.457 e. The maximum atomic E-state index is 6.01. The molecule has 0 spiro atoms. The zero-order valence-corrected chi connectivity index (χ0v) is 16.1. The topological polar surface area (TPSA) is 12.5 Å². The van der Waals surface area contributed by atoms with E-state index in [1.54, 1.807) is 12.1 Å². The molecule has 0 unspecified atom stereocenters. The molecule has 0 atom stereocenters. The van der Waals surface area contributed by atoms with Crippen LogP contribution in [0.4, 0.5) is 0 Å². The smallest absolute Gasteiger partial charge is 0.129 e. The van der Waals surface area contributed by atoms with E-state index in [0.29, 0.717) is 15.8 Å². The molecule has 2 nitrogen and oxygen atoms in total. The highest BCUT2D eigenvalue weighted by molar-refractivity contribution is 6.42. The normalized spacial score (nSPS) is 11.3. The van der Waals surface area contributed by atoms with Crippen LogP contribution >= 0.6 is 23.2 Å². The second kappa shape index (κ2) is 9.31. The Morgan fingerprint density at radius 2 is 1.62 bits per heavy atom. The molecule has 0 aliphatic heterocycles. The summed E-state index contributed by atoms with van der Waals surface area (Å²) in [4.78, 5) is 2.36. The van der Waals surface area contributed by atoms with Crippen molar-refractivity contribution in [3.05, 3.63) is 58.1 Å². The number of benzene rings is 2. The molecule has 2 rings (SSSR count). The second-order valence-electron chi connectivity index (χ2n) is 6.60. The Hall–Kier alpha value is -1.22. The highest BCUT2D eigenvalue weighted by Gasteiger charge is 2.04. The van der Waals surface area contributed by atoms with E-state index in [-0.39, 0.29) is 0 Å². The van der Waals surface area contributed by atoms with Gasteiger partial charge >= 0.3 is 0 Å². The fraction of sp³-hybridized carbons (Fsp3) is 0.400. The molecular weight excluding hydrogens is 341 g/mol. The van der Waals surface area contributed by atoms with E-state index in [4.69, 9.17) is 27.9 Å². The van der Waals surface area contributed by atoms with Crippen molar-refractivity contribution in [3.8, 4) is 11.5 Å². The second-order valence-corrected chi connectivity index (χ2v) is 7.41. The Balaban J connectivity index is 1.87. The quantitative estimate of drug-likeness (QED) is 0.518. The van der Waals surface area contributed by atoms with Crippen molar-refractivity contribution in [1.29, 1.82) is 0 Å². The summed E-state index contributed by atoms with van der Waals surface area (Å²) in [7, 11) is 2.17. The number of hydrogen-bond acceptors (Lipinski definition) is 2. The summed E-state index contributed by atoms with van der Waals surface area (Å²) < 4.78 is 5.81. The SMILES string of the molecule is CC(C)CCCN(C)Cc1ccc(Oc2ccc(Cl)c(Cl)c2)cc1. The summed E-state index contributed by atoms with van der Waals surface area (Å²) in [5.74, 6) is 2.25. The van der Waals surface area contributed by atoms with Gasteiger partial charge in [0.2, 0.25) is 0 Å². The number of halogens is 2. The predicted molar refractivity (Wildman–Crippen MR) is 103 cm³/mol. The monoisotopic (exact) mass is 365 g/mol. The molecule has 0 aromatic heterocycles. The Labute approximate surface area is 155 Å². The van der Waals surface area contributed by atoms with Crippen LogP contribution in [0.3, 0.4) is 0 Å². The standard InChI is InChI=1S/C20H25Cl2NO/c1-15(2)5-4-12-23(3)14-16-6-8-17(9-7-16)24-18-10-11-19(21)20(22)13-18/h6-11,13,15H,4-5,12,14H2,1-3H3. The first-order valence-corrected chi connectivity index (χ1v) is 9.10. The average molecular weight is 366 g/mol. The molecule has 0 fully saturated rings. The van der Waals surface area contributed by atoms with Gasteiger partial charge in [0.15, 0.2) is 0 Å². The van der Waals surface area contributed by atoms with Crippen LogP contribution in [0.5, 0.6) is 11.5 Å². The van der Waals surface area contributed by atoms with Crippen LogP contribution < -0.4 is 4.74 Å².